The zero-order valence-electron chi connectivity index (χ0n) is 13.9. The molecule has 1 aromatic heterocycles. The quantitative estimate of drug-likeness (QED) is 0.748. The highest BCUT2D eigenvalue weighted by Gasteiger charge is 2.21. The van der Waals surface area contributed by atoms with Crippen LogP contribution in [-0.2, 0) is 12.8 Å². The molecule has 1 heterocycles. The molecule has 0 saturated heterocycles. The molecule has 1 aromatic rings. The molecule has 0 fully saturated rings. The van der Waals surface area contributed by atoms with Gasteiger partial charge in [-0.05, 0) is 31.2 Å². The second-order valence-electron chi connectivity index (χ2n) is 5.45. The minimum absolute atomic E-state index is 0.425. The van der Waals surface area contributed by atoms with E-state index in [1.165, 1.54) is 0 Å². The molecule has 1 atom stereocenters. The zero-order chi connectivity index (χ0) is 16.0. The number of aryl methyl sites for hydroxylation is 1. The van der Waals surface area contributed by atoms with Crippen molar-refractivity contribution in [1.82, 2.24) is 10.2 Å². The Balaban J connectivity index is 3.36. The maximum Gasteiger partial charge on any atom is 0.161 e. The number of aromatic nitrogens is 2. The smallest absolute Gasteiger partial charge is 0.161 e. The standard InChI is InChI=1S/C16H28N4S/c1-6-11(5)10-20(9-4)16-14(15(17)21)12(7-2)13(8-3)18-19-16/h11H,6-10H2,1-5H3,(H2,17,21). The summed E-state index contributed by atoms with van der Waals surface area (Å²) in [5, 5.41) is 8.85. The van der Waals surface area contributed by atoms with Crippen LogP contribution in [-0.4, -0.2) is 28.3 Å². The van der Waals surface area contributed by atoms with Gasteiger partial charge in [0, 0.05) is 13.1 Å². The number of nitrogens with two attached hydrogens (primary N) is 1. The monoisotopic (exact) mass is 308 g/mol. The van der Waals surface area contributed by atoms with Crippen molar-refractivity contribution < 1.29 is 0 Å². The van der Waals surface area contributed by atoms with Crippen molar-refractivity contribution in [1.29, 1.82) is 0 Å². The summed E-state index contributed by atoms with van der Waals surface area (Å²) in [7, 11) is 0. The van der Waals surface area contributed by atoms with Crippen molar-refractivity contribution in [2.24, 2.45) is 11.7 Å². The molecule has 0 radical (unpaired) electrons. The Morgan fingerprint density at radius 2 is 1.86 bits per heavy atom. The fraction of sp³-hybridized carbons (Fsp3) is 0.688. The van der Waals surface area contributed by atoms with Crippen LogP contribution in [0.15, 0.2) is 0 Å². The first-order chi connectivity index (χ1) is 9.99. The summed E-state index contributed by atoms with van der Waals surface area (Å²) in [5.41, 5.74) is 9.08. The first-order valence-corrected chi connectivity index (χ1v) is 8.33. The Labute approximate surface area is 134 Å². The molecule has 1 unspecified atom stereocenters. The average Bonchev–Trinajstić information content (AvgIpc) is 2.50. The highest BCUT2D eigenvalue weighted by Crippen LogP contribution is 2.25. The van der Waals surface area contributed by atoms with E-state index in [4.69, 9.17) is 18.0 Å². The molecule has 0 spiro atoms. The number of anilines is 1. The molecule has 0 aromatic carbocycles. The van der Waals surface area contributed by atoms with Gasteiger partial charge in [0.25, 0.3) is 0 Å². The molecule has 1 rings (SSSR count). The molecular formula is C16H28N4S. The average molecular weight is 308 g/mol. The molecule has 0 aliphatic rings. The maximum atomic E-state index is 6.01. The van der Waals surface area contributed by atoms with Gasteiger partial charge in [0.05, 0.1) is 11.3 Å². The molecule has 0 amide bonds. The van der Waals surface area contributed by atoms with Gasteiger partial charge in [0.1, 0.15) is 4.99 Å². The number of thiocarbonyl (C=S) groups is 1. The molecular weight excluding hydrogens is 280 g/mol. The lowest BCUT2D eigenvalue weighted by molar-refractivity contribution is 0.543. The third-order valence-electron chi connectivity index (χ3n) is 3.98. The van der Waals surface area contributed by atoms with E-state index in [0.29, 0.717) is 10.9 Å². The van der Waals surface area contributed by atoms with Crippen LogP contribution < -0.4 is 10.6 Å². The van der Waals surface area contributed by atoms with Crippen molar-refractivity contribution in [3.63, 3.8) is 0 Å². The lowest BCUT2D eigenvalue weighted by Crippen LogP contribution is -2.32. The predicted molar refractivity (Wildman–Crippen MR) is 94.0 cm³/mol. The van der Waals surface area contributed by atoms with Crippen molar-refractivity contribution in [2.75, 3.05) is 18.0 Å². The molecule has 5 heteroatoms. The Kier molecular flexibility index (Phi) is 7.02. The van der Waals surface area contributed by atoms with Crippen molar-refractivity contribution in [3.05, 3.63) is 16.8 Å². The fourth-order valence-corrected chi connectivity index (χ4v) is 2.73. The van der Waals surface area contributed by atoms with E-state index >= 15 is 0 Å². The summed E-state index contributed by atoms with van der Waals surface area (Å²) in [6, 6.07) is 0. The number of hydrogen-bond donors (Lipinski definition) is 1. The van der Waals surface area contributed by atoms with Gasteiger partial charge in [-0.1, -0.05) is 46.3 Å². The lowest BCUT2D eigenvalue weighted by atomic mass is 10.0. The molecule has 0 bridgehead atoms. The van der Waals surface area contributed by atoms with E-state index in [-0.39, 0.29) is 0 Å². The van der Waals surface area contributed by atoms with E-state index in [9.17, 15) is 0 Å². The van der Waals surface area contributed by atoms with Crippen LogP contribution in [0.25, 0.3) is 0 Å². The summed E-state index contributed by atoms with van der Waals surface area (Å²) in [5.74, 6) is 1.45. The highest BCUT2D eigenvalue weighted by molar-refractivity contribution is 7.80. The van der Waals surface area contributed by atoms with Gasteiger partial charge in [-0.3, -0.25) is 0 Å². The summed E-state index contributed by atoms with van der Waals surface area (Å²) in [6.45, 7) is 12.6. The summed E-state index contributed by atoms with van der Waals surface area (Å²) in [4.78, 5) is 2.67. The number of nitrogens with zero attached hydrogens (tertiary/aromatic N) is 3. The van der Waals surface area contributed by atoms with Crippen LogP contribution in [0.4, 0.5) is 5.82 Å². The fourth-order valence-electron chi connectivity index (χ4n) is 2.51. The van der Waals surface area contributed by atoms with Crippen LogP contribution in [0.1, 0.15) is 57.9 Å². The zero-order valence-corrected chi connectivity index (χ0v) is 14.8. The first-order valence-electron chi connectivity index (χ1n) is 7.93. The van der Waals surface area contributed by atoms with E-state index in [1.807, 2.05) is 0 Å². The highest BCUT2D eigenvalue weighted by atomic mass is 32.1. The minimum atomic E-state index is 0.425. The molecule has 4 nitrogen and oxygen atoms in total. The van der Waals surface area contributed by atoms with Gasteiger partial charge in [-0.25, -0.2) is 0 Å². The van der Waals surface area contributed by atoms with Crippen LogP contribution in [0, 0.1) is 5.92 Å². The Morgan fingerprint density at radius 1 is 1.19 bits per heavy atom. The lowest BCUT2D eigenvalue weighted by Gasteiger charge is -2.27. The molecule has 0 saturated carbocycles. The predicted octanol–water partition coefficient (Wildman–Crippen LogP) is 3.11. The molecule has 0 aliphatic carbocycles. The maximum absolute atomic E-state index is 6.01. The van der Waals surface area contributed by atoms with Gasteiger partial charge < -0.3 is 10.6 Å². The van der Waals surface area contributed by atoms with Crippen molar-refractivity contribution in [3.8, 4) is 0 Å². The second-order valence-corrected chi connectivity index (χ2v) is 5.89. The van der Waals surface area contributed by atoms with Crippen LogP contribution >= 0.6 is 12.2 Å². The van der Waals surface area contributed by atoms with Crippen LogP contribution in [0.3, 0.4) is 0 Å². The van der Waals surface area contributed by atoms with E-state index in [2.05, 4.69) is 49.7 Å². The third-order valence-corrected chi connectivity index (χ3v) is 4.19. The Hall–Kier alpha value is -1.23. The summed E-state index contributed by atoms with van der Waals surface area (Å²) >= 11 is 5.30. The Bertz CT molecular complexity index is 487. The molecule has 118 valence electrons. The SMILES string of the molecule is CCc1nnc(N(CC)CC(C)CC)c(C(N)=S)c1CC. The van der Waals surface area contributed by atoms with Crippen molar-refractivity contribution >= 4 is 23.0 Å². The normalized spacial score (nSPS) is 12.2. The third kappa shape index (κ3) is 4.13. The van der Waals surface area contributed by atoms with E-state index in [1.54, 1.807) is 0 Å². The minimum Gasteiger partial charge on any atom is -0.389 e. The largest absolute Gasteiger partial charge is 0.389 e. The summed E-state index contributed by atoms with van der Waals surface area (Å²) < 4.78 is 0. The Morgan fingerprint density at radius 3 is 2.29 bits per heavy atom. The first kappa shape index (κ1) is 17.8. The molecule has 0 aliphatic heterocycles. The topological polar surface area (TPSA) is 55.0 Å². The van der Waals surface area contributed by atoms with Gasteiger partial charge in [-0.2, -0.15) is 5.10 Å². The van der Waals surface area contributed by atoms with E-state index in [0.717, 1.165) is 55.0 Å². The van der Waals surface area contributed by atoms with Crippen LogP contribution in [0.5, 0.6) is 0 Å². The molecule has 2 N–H and O–H groups in total. The summed E-state index contributed by atoms with van der Waals surface area (Å²) in [6.07, 6.45) is 2.86. The van der Waals surface area contributed by atoms with Gasteiger partial charge >= 0.3 is 0 Å². The van der Waals surface area contributed by atoms with Gasteiger partial charge in [0.15, 0.2) is 5.82 Å². The van der Waals surface area contributed by atoms with Crippen LogP contribution in [0.2, 0.25) is 0 Å². The van der Waals surface area contributed by atoms with Gasteiger partial charge in [-0.15, -0.1) is 5.10 Å². The number of hydrogen-bond acceptors (Lipinski definition) is 4. The number of rotatable bonds is 8. The van der Waals surface area contributed by atoms with Crippen molar-refractivity contribution in [2.45, 2.75) is 53.9 Å². The second kappa shape index (κ2) is 8.27. The van der Waals surface area contributed by atoms with Gasteiger partial charge in [0.2, 0.25) is 0 Å². The molecule has 21 heavy (non-hydrogen) atoms. The van der Waals surface area contributed by atoms with E-state index < -0.39 is 0 Å².